The molecule has 5 fully saturated rings. The molecule has 5 rings (SSSR count). The number of hydrogen-bond acceptors (Lipinski definition) is 3. The van der Waals surface area contributed by atoms with Gasteiger partial charge in [0.1, 0.15) is 5.78 Å². The molecule has 9 atom stereocenters. The highest BCUT2D eigenvalue weighted by molar-refractivity contribution is 5.86. The molecular weight excluding hydrogens is 408 g/mol. The molecule has 5 aliphatic carbocycles. The minimum absolute atomic E-state index is 0.0683. The first-order valence-electron chi connectivity index (χ1n) is 13.8. The van der Waals surface area contributed by atoms with Crippen LogP contribution in [0.3, 0.4) is 0 Å². The Balaban J connectivity index is 1.43. The Morgan fingerprint density at radius 2 is 1.67 bits per heavy atom. The topological polar surface area (TPSA) is 57.5 Å². The Morgan fingerprint density at radius 1 is 1.03 bits per heavy atom. The van der Waals surface area contributed by atoms with Gasteiger partial charge >= 0.3 is 0 Å². The van der Waals surface area contributed by atoms with Crippen LogP contribution in [0, 0.1) is 50.7 Å². The van der Waals surface area contributed by atoms with E-state index in [2.05, 4.69) is 48.1 Å². The molecule has 0 aliphatic heterocycles. The largest absolute Gasteiger partial charge is 0.393 e. The van der Waals surface area contributed by atoms with Crippen LogP contribution in [0.4, 0.5) is 0 Å². The average Bonchev–Trinajstić information content (AvgIpc) is 3.34. The number of hydrogen-bond donors (Lipinski definition) is 2. The lowest BCUT2D eigenvalue weighted by molar-refractivity contribution is -0.154. The molecule has 3 heteroatoms. The van der Waals surface area contributed by atoms with Crippen LogP contribution in [0.1, 0.15) is 106 Å². The van der Waals surface area contributed by atoms with Gasteiger partial charge in [-0.15, -0.1) is 0 Å². The fourth-order valence-electron chi connectivity index (χ4n) is 10.8. The third kappa shape index (κ3) is 2.85. The van der Waals surface area contributed by atoms with Gasteiger partial charge in [0.05, 0.1) is 12.2 Å². The van der Waals surface area contributed by atoms with Gasteiger partial charge in [0, 0.05) is 17.8 Å². The summed E-state index contributed by atoms with van der Waals surface area (Å²) in [6, 6.07) is 0. The maximum atomic E-state index is 12.8. The van der Waals surface area contributed by atoms with Crippen molar-refractivity contribution in [3.63, 3.8) is 0 Å². The summed E-state index contributed by atoms with van der Waals surface area (Å²) in [6.07, 6.45) is 9.83. The van der Waals surface area contributed by atoms with E-state index in [1.165, 1.54) is 25.7 Å². The molecule has 0 amide bonds. The van der Waals surface area contributed by atoms with E-state index in [0.717, 1.165) is 44.1 Å². The van der Waals surface area contributed by atoms with E-state index >= 15 is 0 Å². The predicted octanol–water partition coefficient (Wildman–Crippen LogP) is 6.32. The van der Waals surface area contributed by atoms with Gasteiger partial charge in [0.25, 0.3) is 0 Å². The SMILES string of the molecule is C=C(CCC(O)C(C)C)[C@H]1[C@@H](O)C[C@@]2(C)[C@@H]3CC[C@H]4C(C)(C)C(=O)CC[C@@]45C[C@@]35CC[C@]12C. The lowest BCUT2D eigenvalue weighted by Gasteiger charge is -2.62. The first kappa shape index (κ1) is 24.0. The lowest BCUT2D eigenvalue weighted by atomic mass is 9.42. The molecule has 5 aliphatic rings. The van der Waals surface area contributed by atoms with E-state index in [9.17, 15) is 15.0 Å². The van der Waals surface area contributed by atoms with Crippen LogP contribution in [-0.2, 0) is 4.79 Å². The number of carbonyl (C=O) groups is 1. The maximum Gasteiger partial charge on any atom is 0.138 e. The number of ketones is 1. The first-order valence-corrected chi connectivity index (χ1v) is 13.8. The Hall–Kier alpha value is -0.670. The van der Waals surface area contributed by atoms with Crippen molar-refractivity contribution in [2.45, 2.75) is 118 Å². The Kier molecular flexibility index (Phi) is 5.24. The van der Waals surface area contributed by atoms with Crippen LogP contribution in [-0.4, -0.2) is 28.2 Å². The van der Waals surface area contributed by atoms with E-state index in [0.29, 0.717) is 28.4 Å². The highest BCUT2D eigenvalue weighted by atomic mass is 16.3. The zero-order chi connectivity index (χ0) is 24.2. The second-order valence-electron chi connectivity index (χ2n) is 14.4. The molecular formula is C30H48O3. The summed E-state index contributed by atoms with van der Waals surface area (Å²) in [7, 11) is 0. The molecule has 0 aromatic carbocycles. The average molecular weight is 457 g/mol. The van der Waals surface area contributed by atoms with E-state index in [4.69, 9.17) is 0 Å². The van der Waals surface area contributed by atoms with Crippen molar-refractivity contribution in [2.24, 2.45) is 50.7 Å². The van der Waals surface area contributed by atoms with E-state index in [1.807, 2.05) is 0 Å². The van der Waals surface area contributed by atoms with E-state index in [1.54, 1.807) is 0 Å². The number of rotatable bonds is 5. The molecule has 5 saturated carbocycles. The minimum Gasteiger partial charge on any atom is -0.393 e. The van der Waals surface area contributed by atoms with Gasteiger partial charge in [-0.1, -0.05) is 53.7 Å². The Morgan fingerprint density at radius 3 is 2.33 bits per heavy atom. The smallest absolute Gasteiger partial charge is 0.138 e. The fraction of sp³-hybridized carbons (Fsp3) is 0.900. The van der Waals surface area contributed by atoms with Gasteiger partial charge in [-0.25, -0.2) is 0 Å². The first-order chi connectivity index (χ1) is 15.3. The van der Waals surface area contributed by atoms with Gasteiger partial charge in [-0.05, 0) is 97.2 Å². The summed E-state index contributed by atoms with van der Waals surface area (Å²) in [5.74, 6) is 2.08. The number of aliphatic hydroxyl groups excluding tert-OH is 2. The summed E-state index contributed by atoms with van der Waals surface area (Å²) in [5.41, 5.74) is 1.95. The molecule has 0 bridgehead atoms. The molecule has 2 spiro atoms. The zero-order valence-corrected chi connectivity index (χ0v) is 22.0. The molecule has 0 aromatic heterocycles. The second kappa shape index (κ2) is 7.19. The monoisotopic (exact) mass is 456 g/mol. The number of aliphatic hydroxyl groups is 2. The van der Waals surface area contributed by atoms with Crippen molar-refractivity contribution in [1.29, 1.82) is 0 Å². The van der Waals surface area contributed by atoms with E-state index < -0.39 is 0 Å². The normalized spacial score (nSPS) is 50.8. The van der Waals surface area contributed by atoms with Crippen molar-refractivity contribution in [3.05, 3.63) is 12.2 Å². The quantitative estimate of drug-likeness (QED) is 0.476. The number of fused-ring (bicyclic) bond motifs is 2. The van der Waals surface area contributed by atoms with Gasteiger partial charge in [0.15, 0.2) is 0 Å². The molecule has 0 saturated heterocycles. The summed E-state index contributed by atoms with van der Waals surface area (Å²) >= 11 is 0. The summed E-state index contributed by atoms with van der Waals surface area (Å²) < 4.78 is 0. The lowest BCUT2D eigenvalue weighted by Crippen LogP contribution is -2.56. The van der Waals surface area contributed by atoms with Gasteiger partial charge in [-0.3, -0.25) is 4.79 Å². The van der Waals surface area contributed by atoms with Crippen LogP contribution in [0.15, 0.2) is 12.2 Å². The van der Waals surface area contributed by atoms with Gasteiger partial charge in [-0.2, -0.15) is 0 Å². The van der Waals surface area contributed by atoms with Crippen molar-refractivity contribution >= 4 is 5.78 Å². The second-order valence-corrected chi connectivity index (χ2v) is 14.4. The van der Waals surface area contributed by atoms with Crippen LogP contribution in [0.2, 0.25) is 0 Å². The summed E-state index contributed by atoms with van der Waals surface area (Å²) in [6.45, 7) is 18.1. The third-order valence-corrected chi connectivity index (χ3v) is 12.8. The molecule has 0 heterocycles. The standard InChI is InChI=1S/C30H48O3/c1-18(2)20(31)9-8-19(3)25-21(32)16-28(7)23-11-10-22-26(4,5)24(33)12-13-29(22)17-30(23,29)15-14-27(25,28)6/h18,20-23,25,31-32H,3,8-17H2,1-2,4-7H3/t20?,21-,22-,23-,25-,27+,28-,29+,30-/m0/s1. The van der Waals surface area contributed by atoms with Crippen LogP contribution >= 0.6 is 0 Å². The predicted molar refractivity (Wildman–Crippen MR) is 132 cm³/mol. The molecule has 186 valence electrons. The van der Waals surface area contributed by atoms with Crippen molar-refractivity contribution < 1.29 is 15.0 Å². The third-order valence-electron chi connectivity index (χ3n) is 12.8. The molecule has 1 unspecified atom stereocenters. The van der Waals surface area contributed by atoms with Crippen LogP contribution in [0.25, 0.3) is 0 Å². The number of carbonyl (C=O) groups excluding carboxylic acids is 1. The van der Waals surface area contributed by atoms with Crippen molar-refractivity contribution in [1.82, 2.24) is 0 Å². The highest BCUT2D eigenvalue weighted by Gasteiger charge is 2.82. The number of Topliss-reactive ketones (excluding diaryl/α,β-unsaturated/α-hetero) is 1. The minimum atomic E-state index is -0.323. The molecule has 0 aromatic rings. The molecule has 0 radical (unpaired) electrons. The Labute approximate surface area is 201 Å². The fourth-order valence-corrected chi connectivity index (χ4v) is 10.8. The van der Waals surface area contributed by atoms with Crippen molar-refractivity contribution in [2.75, 3.05) is 0 Å². The highest BCUT2D eigenvalue weighted by Crippen LogP contribution is 2.88. The zero-order valence-electron chi connectivity index (χ0n) is 22.0. The summed E-state index contributed by atoms with van der Waals surface area (Å²) in [4.78, 5) is 12.8. The van der Waals surface area contributed by atoms with Gasteiger partial charge in [0.2, 0.25) is 0 Å². The molecule has 2 N–H and O–H groups in total. The molecule has 33 heavy (non-hydrogen) atoms. The van der Waals surface area contributed by atoms with Gasteiger partial charge < -0.3 is 10.2 Å². The van der Waals surface area contributed by atoms with E-state index in [-0.39, 0.29) is 40.3 Å². The van der Waals surface area contributed by atoms with Crippen LogP contribution < -0.4 is 0 Å². The van der Waals surface area contributed by atoms with Crippen molar-refractivity contribution in [3.8, 4) is 0 Å². The summed E-state index contributed by atoms with van der Waals surface area (Å²) in [5, 5.41) is 21.8. The van der Waals surface area contributed by atoms with Crippen LogP contribution in [0.5, 0.6) is 0 Å². The Bertz CT molecular complexity index is 859. The molecule has 3 nitrogen and oxygen atoms in total. The maximum absolute atomic E-state index is 12.8.